The van der Waals surface area contributed by atoms with E-state index in [0.717, 1.165) is 48.8 Å². The summed E-state index contributed by atoms with van der Waals surface area (Å²) in [5.74, 6) is -0.721. The fourth-order valence-electron chi connectivity index (χ4n) is 5.90. The van der Waals surface area contributed by atoms with Crippen LogP contribution in [0.15, 0.2) is 41.9 Å². The van der Waals surface area contributed by atoms with E-state index in [-0.39, 0.29) is 30.2 Å². The molecule has 3 aromatic rings. The number of carboxylic acids is 1. The molecule has 1 aliphatic carbocycles. The summed E-state index contributed by atoms with van der Waals surface area (Å²) in [4.78, 5) is 50.8. The Morgan fingerprint density at radius 3 is 2.62 bits per heavy atom. The van der Waals surface area contributed by atoms with Crippen molar-refractivity contribution >= 4 is 51.7 Å². The van der Waals surface area contributed by atoms with Crippen molar-refractivity contribution in [1.82, 2.24) is 9.97 Å². The van der Waals surface area contributed by atoms with Crippen LogP contribution in [0, 0.1) is 11.8 Å². The number of anilines is 2. The van der Waals surface area contributed by atoms with Crippen molar-refractivity contribution in [3.8, 4) is 22.4 Å². The van der Waals surface area contributed by atoms with E-state index in [1.807, 2.05) is 35.7 Å². The topological polar surface area (TPSA) is 113 Å². The number of benzene rings is 1. The molecular formula is C31H33ClN4O5S. The van der Waals surface area contributed by atoms with Gasteiger partial charge in [0.1, 0.15) is 5.82 Å². The van der Waals surface area contributed by atoms with Crippen molar-refractivity contribution in [3.63, 3.8) is 0 Å². The van der Waals surface area contributed by atoms with Crippen molar-refractivity contribution in [3.05, 3.63) is 46.9 Å². The Kier molecular flexibility index (Phi) is 8.55. The highest BCUT2D eigenvalue weighted by atomic mass is 35.5. The van der Waals surface area contributed by atoms with Gasteiger partial charge < -0.3 is 9.84 Å². The van der Waals surface area contributed by atoms with Crippen LogP contribution in [0.5, 0.6) is 0 Å². The van der Waals surface area contributed by atoms with E-state index in [0.29, 0.717) is 54.3 Å². The summed E-state index contributed by atoms with van der Waals surface area (Å²) in [6.45, 7) is 1.98. The standard InChI is InChI=1S/C31H33ClN4O5S/c32-22-4-7-24(20-3-8-27(33-17-20)35-11-1-2-28(35)37)25(16-22)26-18-42-31(34-26)36(23-5-6-23)30(40)21(15-29(38)39)14-19-9-12-41-13-10-19/h3-4,7-8,16-19,21,23H,1-2,5-6,9-15H2,(H,38,39)/t21-/m1/s1. The average Bonchev–Trinajstić information content (AvgIpc) is 3.53. The van der Waals surface area contributed by atoms with Crippen LogP contribution in [-0.4, -0.2) is 58.7 Å². The molecular weight excluding hydrogens is 576 g/mol. The number of hydrogen-bond donors (Lipinski definition) is 1. The largest absolute Gasteiger partial charge is 0.481 e. The zero-order chi connectivity index (χ0) is 29.2. The third kappa shape index (κ3) is 6.35. The van der Waals surface area contributed by atoms with E-state index in [4.69, 9.17) is 21.3 Å². The number of carboxylic acid groups (broad SMARTS) is 1. The lowest BCUT2D eigenvalue weighted by Crippen LogP contribution is -2.40. The van der Waals surface area contributed by atoms with E-state index in [1.165, 1.54) is 11.3 Å². The number of pyridine rings is 1. The Bertz CT molecular complexity index is 1470. The van der Waals surface area contributed by atoms with E-state index in [1.54, 1.807) is 16.0 Å². The molecule has 2 aromatic heterocycles. The van der Waals surface area contributed by atoms with Crippen molar-refractivity contribution in [2.24, 2.45) is 11.8 Å². The molecule has 2 saturated heterocycles. The summed E-state index contributed by atoms with van der Waals surface area (Å²) in [6, 6.07) is 9.44. The number of ether oxygens (including phenoxy) is 1. The first kappa shape index (κ1) is 28.8. The highest BCUT2D eigenvalue weighted by Crippen LogP contribution is 2.41. The molecule has 2 amide bonds. The number of thiazole rings is 1. The number of amides is 2. The molecule has 0 radical (unpaired) electrons. The third-order valence-electron chi connectivity index (χ3n) is 8.24. The maximum absolute atomic E-state index is 13.9. The lowest BCUT2D eigenvalue weighted by atomic mass is 9.86. The smallest absolute Gasteiger partial charge is 0.304 e. The van der Waals surface area contributed by atoms with E-state index in [9.17, 15) is 19.5 Å². The molecule has 0 spiro atoms. The molecule has 3 fully saturated rings. The van der Waals surface area contributed by atoms with E-state index < -0.39 is 11.9 Å². The van der Waals surface area contributed by atoms with E-state index in [2.05, 4.69) is 4.98 Å². The number of aromatic nitrogens is 2. The van der Waals surface area contributed by atoms with Crippen LogP contribution in [0.1, 0.15) is 51.4 Å². The minimum absolute atomic E-state index is 0.0337. The number of carbonyl (C=O) groups excluding carboxylic acids is 2. The SMILES string of the molecule is O=C(O)C[C@@H](CC1CCOCC1)C(=O)N(c1nc(-c2cc(Cl)ccc2-c2ccc(N3CCCC3=O)nc2)cs1)C1CC1. The van der Waals surface area contributed by atoms with Crippen LogP contribution in [0.25, 0.3) is 22.4 Å². The monoisotopic (exact) mass is 608 g/mol. The van der Waals surface area contributed by atoms with Crippen molar-refractivity contribution in [2.75, 3.05) is 29.6 Å². The normalized spacial score (nSPS) is 18.3. The number of rotatable bonds is 10. The predicted molar refractivity (Wildman–Crippen MR) is 162 cm³/mol. The van der Waals surface area contributed by atoms with Crippen molar-refractivity contribution < 1.29 is 24.2 Å². The van der Waals surface area contributed by atoms with Gasteiger partial charge in [-0.25, -0.2) is 9.97 Å². The summed E-state index contributed by atoms with van der Waals surface area (Å²) in [7, 11) is 0. The number of nitrogens with zero attached hydrogens (tertiary/aromatic N) is 4. The Morgan fingerprint density at radius 1 is 1.14 bits per heavy atom. The zero-order valence-electron chi connectivity index (χ0n) is 23.2. The first-order valence-electron chi connectivity index (χ1n) is 14.5. The van der Waals surface area contributed by atoms with Gasteiger partial charge in [0, 0.05) is 65.9 Å². The van der Waals surface area contributed by atoms with Gasteiger partial charge in [-0.05, 0) is 74.3 Å². The maximum Gasteiger partial charge on any atom is 0.304 e. The van der Waals surface area contributed by atoms with Gasteiger partial charge in [0.15, 0.2) is 5.13 Å². The molecule has 220 valence electrons. The molecule has 1 aromatic carbocycles. The highest BCUT2D eigenvalue weighted by Gasteiger charge is 2.40. The van der Waals surface area contributed by atoms with Crippen molar-refractivity contribution in [1.29, 1.82) is 0 Å². The van der Waals surface area contributed by atoms with Gasteiger partial charge in [-0.1, -0.05) is 17.7 Å². The summed E-state index contributed by atoms with van der Waals surface area (Å²) in [6.07, 6.45) is 6.92. The third-order valence-corrected chi connectivity index (χ3v) is 9.32. The molecule has 0 bridgehead atoms. The highest BCUT2D eigenvalue weighted by molar-refractivity contribution is 7.14. The second kappa shape index (κ2) is 12.5. The average molecular weight is 609 g/mol. The van der Waals surface area contributed by atoms with Gasteiger partial charge in [0.25, 0.3) is 0 Å². The zero-order valence-corrected chi connectivity index (χ0v) is 24.8. The number of hydrogen-bond acceptors (Lipinski definition) is 7. The molecule has 3 aliphatic rings. The Morgan fingerprint density at radius 2 is 1.95 bits per heavy atom. The molecule has 11 heteroatoms. The quantitative estimate of drug-likeness (QED) is 0.298. The van der Waals surface area contributed by atoms with Crippen LogP contribution < -0.4 is 9.80 Å². The summed E-state index contributed by atoms with van der Waals surface area (Å²) >= 11 is 7.82. The molecule has 1 N–H and O–H groups in total. The fourth-order valence-corrected chi connectivity index (χ4v) is 6.97. The second-order valence-corrected chi connectivity index (χ2v) is 12.6. The first-order valence-corrected chi connectivity index (χ1v) is 15.8. The van der Waals surface area contributed by atoms with Gasteiger partial charge in [-0.2, -0.15) is 0 Å². The van der Waals surface area contributed by atoms with Gasteiger partial charge in [-0.3, -0.25) is 24.2 Å². The minimum atomic E-state index is -0.965. The Balaban J connectivity index is 1.28. The molecule has 6 rings (SSSR count). The maximum atomic E-state index is 13.9. The van der Waals surface area contributed by atoms with Crippen LogP contribution in [0.4, 0.5) is 10.9 Å². The van der Waals surface area contributed by atoms with Gasteiger partial charge in [0.2, 0.25) is 11.8 Å². The van der Waals surface area contributed by atoms with Crippen LogP contribution in [-0.2, 0) is 19.1 Å². The Hall–Kier alpha value is -3.34. The molecule has 2 aliphatic heterocycles. The molecule has 1 saturated carbocycles. The van der Waals surface area contributed by atoms with Crippen LogP contribution in [0.3, 0.4) is 0 Å². The minimum Gasteiger partial charge on any atom is -0.481 e. The predicted octanol–water partition coefficient (Wildman–Crippen LogP) is 6.06. The molecule has 1 atom stereocenters. The number of carbonyl (C=O) groups is 3. The summed E-state index contributed by atoms with van der Waals surface area (Å²) in [5.41, 5.74) is 3.24. The molecule has 9 nitrogen and oxygen atoms in total. The van der Waals surface area contributed by atoms with Gasteiger partial charge in [-0.15, -0.1) is 11.3 Å². The summed E-state index contributed by atoms with van der Waals surface area (Å²) < 4.78 is 5.47. The van der Waals surface area contributed by atoms with Crippen LogP contribution >= 0.6 is 22.9 Å². The van der Waals surface area contributed by atoms with Gasteiger partial charge in [0.05, 0.1) is 12.1 Å². The van der Waals surface area contributed by atoms with Crippen LogP contribution in [0.2, 0.25) is 5.02 Å². The summed E-state index contributed by atoms with van der Waals surface area (Å²) in [5, 5.41) is 12.7. The first-order chi connectivity index (χ1) is 20.4. The van der Waals surface area contributed by atoms with Crippen molar-refractivity contribution in [2.45, 2.75) is 57.4 Å². The fraction of sp³-hybridized carbons (Fsp3) is 0.452. The number of aliphatic carboxylic acids is 1. The number of halogens is 1. The van der Waals surface area contributed by atoms with E-state index >= 15 is 0 Å². The molecule has 0 unspecified atom stereocenters. The lowest BCUT2D eigenvalue weighted by Gasteiger charge is -2.29. The molecule has 4 heterocycles. The molecule has 42 heavy (non-hydrogen) atoms. The lowest BCUT2D eigenvalue weighted by molar-refractivity contribution is -0.141. The second-order valence-electron chi connectivity index (χ2n) is 11.3. The van der Waals surface area contributed by atoms with Gasteiger partial charge >= 0.3 is 5.97 Å². The Labute approximate surface area is 253 Å².